The molecule has 0 radical (unpaired) electrons. The first-order chi connectivity index (χ1) is 28.7. The lowest BCUT2D eigenvalue weighted by molar-refractivity contribution is 1.28. The van der Waals surface area contributed by atoms with Crippen LogP contribution >= 0.6 is 0 Å². The second kappa shape index (κ2) is 15.5. The molecule has 58 heavy (non-hydrogen) atoms. The van der Waals surface area contributed by atoms with E-state index in [4.69, 9.17) is 0 Å². The normalized spacial score (nSPS) is 11.4. The van der Waals surface area contributed by atoms with E-state index in [0.29, 0.717) is 0 Å². The third-order valence-corrected chi connectivity index (χ3v) is 11.0. The van der Waals surface area contributed by atoms with E-state index in [2.05, 4.69) is 252 Å². The Labute approximate surface area is 339 Å². The predicted octanol–water partition coefficient (Wildman–Crippen LogP) is 15.9. The van der Waals surface area contributed by atoms with Crippen LogP contribution in [-0.2, 0) is 0 Å². The Morgan fingerprint density at radius 2 is 0.690 bits per heavy atom. The lowest BCUT2D eigenvalue weighted by Gasteiger charge is -2.28. The van der Waals surface area contributed by atoms with E-state index in [9.17, 15) is 0 Å². The summed E-state index contributed by atoms with van der Waals surface area (Å²) in [7, 11) is 0. The first kappa shape index (κ1) is 34.8. The molecule has 2 nitrogen and oxygen atoms in total. The zero-order chi connectivity index (χ0) is 38.7. The van der Waals surface area contributed by atoms with E-state index in [1.165, 1.54) is 43.4 Å². The summed E-state index contributed by atoms with van der Waals surface area (Å²) in [4.78, 5) is 4.69. The first-order valence-corrected chi connectivity index (χ1v) is 19.8. The number of fused-ring (bicyclic) bond motifs is 4. The third kappa shape index (κ3) is 6.89. The van der Waals surface area contributed by atoms with Gasteiger partial charge in [-0.15, -0.1) is 0 Å². The molecule has 2 heteroatoms. The summed E-state index contributed by atoms with van der Waals surface area (Å²) in [5.74, 6) is 0. The van der Waals surface area contributed by atoms with Gasteiger partial charge in [-0.1, -0.05) is 176 Å². The van der Waals surface area contributed by atoms with Crippen LogP contribution in [0.4, 0.5) is 34.1 Å². The summed E-state index contributed by atoms with van der Waals surface area (Å²) in [6, 6.07) is 82.7. The van der Waals surface area contributed by atoms with Crippen LogP contribution in [0.15, 0.2) is 231 Å². The molecule has 0 unspecified atom stereocenters. The summed E-state index contributed by atoms with van der Waals surface area (Å²) < 4.78 is 0. The highest BCUT2D eigenvalue weighted by atomic mass is 15.1. The largest absolute Gasteiger partial charge is 0.311 e. The van der Waals surface area contributed by atoms with Crippen molar-refractivity contribution in [3.8, 4) is 11.1 Å². The molecule has 0 spiro atoms. The number of nitrogens with zero attached hydrogens (tertiary/aromatic N) is 2. The van der Waals surface area contributed by atoms with Gasteiger partial charge in [0.05, 0.1) is 5.69 Å². The maximum Gasteiger partial charge on any atom is 0.0546 e. The molecule has 0 atom stereocenters. The predicted molar refractivity (Wildman–Crippen MR) is 249 cm³/mol. The number of anilines is 6. The highest BCUT2D eigenvalue weighted by molar-refractivity contribution is 6.14. The number of hydrogen-bond acceptors (Lipinski definition) is 2. The van der Waals surface area contributed by atoms with Gasteiger partial charge in [0.1, 0.15) is 0 Å². The lowest BCUT2D eigenvalue weighted by Crippen LogP contribution is -2.10. The van der Waals surface area contributed by atoms with Gasteiger partial charge in [-0.3, -0.25) is 0 Å². The molecule has 0 heterocycles. The van der Waals surface area contributed by atoms with Crippen molar-refractivity contribution < 1.29 is 0 Å². The fourth-order valence-electron chi connectivity index (χ4n) is 8.08. The zero-order valence-electron chi connectivity index (χ0n) is 32.0. The first-order valence-electron chi connectivity index (χ1n) is 19.8. The van der Waals surface area contributed by atoms with Crippen LogP contribution in [0.2, 0.25) is 0 Å². The second-order valence-electron chi connectivity index (χ2n) is 14.6. The van der Waals surface area contributed by atoms with E-state index < -0.39 is 0 Å². The Kier molecular flexibility index (Phi) is 9.27. The number of benzene rings is 10. The van der Waals surface area contributed by atoms with Crippen molar-refractivity contribution in [2.45, 2.75) is 0 Å². The van der Waals surface area contributed by atoms with Crippen molar-refractivity contribution >= 4 is 78.6 Å². The molecule has 10 aromatic carbocycles. The fourth-order valence-corrected chi connectivity index (χ4v) is 8.08. The van der Waals surface area contributed by atoms with Crippen LogP contribution in [0.25, 0.3) is 55.6 Å². The molecule has 0 saturated carbocycles. The Hall–Kier alpha value is -7.68. The molecule has 0 saturated heterocycles. The topological polar surface area (TPSA) is 6.48 Å². The van der Waals surface area contributed by atoms with E-state index >= 15 is 0 Å². The smallest absolute Gasteiger partial charge is 0.0546 e. The highest BCUT2D eigenvalue weighted by Gasteiger charge is 2.18. The maximum absolute atomic E-state index is 2.41. The Morgan fingerprint density at radius 1 is 0.259 bits per heavy atom. The lowest BCUT2D eigenvalue weighted by atomic mass is 9.98. The van der Waals surface area contributed by atoms with Gasteiger partial charge in [0.15, 0.2) is 0 Å². The van der Waals surface area contributed by atoms with Crippen LogP contribution in [0, 0.1) is 0 Å². The van der Waals surface area contributed by atoms with Gasteiger partial charge >= 0.3 is 0 Å². The summed E-state index contributed by atoms with van der Waals surface area (Å²) in [5, 5.41) is 7.41. The Morgan fingerprint density at radius 3 is 1.33 bits per heavy atom. The van der Waals surface area contributed by atoms with Crippen molar-refractivity contribution in [1.82, 2.24) is 0 Å². The highest BCUT2D eigenvalue weighted by Crippen LogP contribution is 2.43. The molecular formula is C56H40N2. The quantitative estimate of drug-likeness (QED) is 0.107. The van der Waals surface area contributed by atoms with E-state index in [1.54, 1.807) is 0 Å². The molecular weight excluding hydrogens is 701 g/mol. The number of para-hydroxylation sites is 2. The van der Waals surface area contributed by atoms with Crippen molar-refractivity contribution in [2.24, 2.45) is 0 Å². The van der Waals surface area contributed by atoms with Crippen molar-refractivity contribution in [3.63, 3.8) is 0 Å². The van der Waals surface area contributed by atoms with Gasteiger partial charge in [0.2, 0.25) is 0 Å². The molecule has 0 aliphatic carbocycles. The summed E-state index contributed by atoms with van der Waals surface area (Å²) >= 11 is 0. The van der Waals surface area contributed by atoms with Crippen LogP contribution < -0.4 is 9.80 Å². The van der Waals surface area contributed by atoms with E-state index in [0.717, 1.165) is 45.3 Å². The molecule has 0 N–H and O–H groups in total. The van der Waals surface area contributed by atoms with Crippen LogP contribution in [0.3, 0.4) is 0 Å². The fraction of sp³-hybridized carbons (Fsp3) is 0. The van der Waals surface area contributed by atoms with Crippen LogP contribution in [-0.4, -0.2) is 0 Å². The van der Waals surface area contributed by atoms with Gasteiger partial charge in [-0.05, 0) is 116 Å². The van der Waals surface area contributed by atoms with Gasteiger partial charge < -0.3 is 9.80 Å². The van der Waals surface area contributed by atoms with Crippen molar-refractivity contribution in [2.75, 3.05) is 9.80 Å². The number of rotatable bonds is 9. The summed E-state index contributed by atoms with van der Waals surface area (Å²) in [6.45, 7) is 0. The van der Waals surface area contributed by atoms with E-state index in [-0.39, 0.29) is 0 Å². The molecule has 0 amide bonds. The summed E-state index contributed by atoms with van der Waals surface area (Å²) in [6.07, 6.45) is 4.37. The number of hydrogen-bond donors (Lipinski definition) is 0. The Bertz CT molecular complexity index is 2980. The molecule has 10 aromatic rings. The molecule has 0 aromatic heterocycles. The van der Waals surface area contributed by atoms with Gasteiger partial charge in [0.25, 0.3) is 0 Å². The second-order valence-corrected chi connectivity index (χ2v) is 14.6. The summed E-state index contributed by atoms with van der Waals surface area (Å²) in [5.41, 5.74) is 11.5. The molecule has 0 aliphatic rings. The molecule has 274 valence electrons. The molecule has 10 rings (SSSR count). The van der Waals surface area contributed by atoms with E-state index in [1.807, 2.05) is 0 Å². The van der Waals surface area contributed by atoms with Crippen LogP contribution in [0.1, 0.15) is 11.1 Å². The average molecular weight is 741 g/mol. The minimum absolute atomic E-state index is 1.11. The minimum Gasteiger partial charge on any atom is -0.311 e. The van der Waals surface area contributed by atoms with Gasteiger partial charge in [-0.2, -0.15) is 0 Å². The zero-order valence-corrected chi connectivity index (χ0v) is 32.0. The third-order valence-electron chi connectivity index (χ3n) is 11.0. The Balaban J connectivity index is 0.929. The molecule has 0 aliphatic heterocycles. The molecule has 0 bridgehead atoms. The van der Waals surface area contributed by atoms with Gasteiger partial charge in [-0.25, -0.2) is 0 Å². The monoisotopic (exact) mass is 740 g/mol. The average Bonchev–Trinajstić information content (AvgIpc) is 3.30. The standard InChI is InChI=1S/C56H40N2/c1-3-16-48(17-4-1)57(49-18-5-2-6-19-49)50-34-27-42(28-35-50)24-23-41-25-29-44(30-26-41)45-31-36-51(37-32-45)58(52-38-33-43-13-7-8-14-46(43)39-52)56-40-47-15-9-10-20-53(47)54-21-11-12-22-55(54)56/h1-40H/b24-23+. The van der Waals surface area contributed by atoms with Gasteiger partial charge in [0, 0.05) is 33.8 Å². The SMILES string of the molecule is C(=C\c1ccc(N(c2ccccc2)c2ccccc2)cc1)/c1ccc(-c2ccc(N(c3ccc4ccccc4c3)c3cc4ccccc4c4ccccc34)cc2)cc1. The minimum atomic E-state index is 1.11. The van der Waals surface area contributed by atoms with Crippen molar-refractivity contribution in [1.29, 1.82) is 0 Å². The van der Waals surface area contributed by atoms with Crippen molar-refractivity contribution in [3.05, 3.63) is 242 Å². The molecule has 0 fully saturated rings. The maximum atomic E-state index is 2.41. The van der Waals surface area contributed by atoms with Crippen LogP contribution in [0.5, 0.6) is 0 Å².